The third kappa shape index (κ3) is 1.74. The summed E-state index contributed by atoms with van der Waals surface area (Å²) >= 11 is 0. The molecule has 0 spiro atoms. The molecular formula is C13H10N4O2. The topological polar surface area (TPSA) is 80.9 Å². The fourth-order valence-corrected chi connectivity index (χ4v) is 2.10. The third-order valence-corrected chi connectivity index (χ3v) is 2.93. The Morgan fingerprint density at radius 1 is 1.37 bits per heavy atom. The van der Waals surface area contributed by atoms with Crippen LogP contribution in [0.2, 0.25) is 0 Å². The van der Waals surface area contributed by atoms with E-state index in [0.29, 0.717) is 5.69 Å². The zero-order valence-corrected chi connectivity index (χ0v) is 10.1. The summed E-state index contributed by atoms with van der Waals surface area (Å²) in [6, 6.07) is 3.71. The zero-order valence-electron chi connectivity index (χ0n) is 10.1. The Bertz CT molecular complexity index is 779. The molecule has 0 saturated carbocycles. The standard InChI is InChI=1S/C13H10N4O2/c1-17-6-10(8-3-2-4-15-12(8)17)11-9(13(18)19)5-14-7-16-11/h2-7H,1H3,(H,18,19). The molecule has 0 bridgehead atoms. The molecule has 0 fully saturated rings. The lowest BCUT2D eigenvalue weighted by Gasteiger charge is -2.02. The second kappa shape index (κ2) is 4.16. The van der Waals surface area contributed by atoms with Crippen LogP contribution in [0.3, 0.4) is 0 Å². The van der Waals surface area contributed by atoms with Gasteiger partial charge in [-0.05, 0) is 12.1 Å². The number of nitrogens with zero attached hydrogens (tertiary/aromatic N) is 4. The van der Waals surface area contributed by atoms with E-state index in [-0.39, 0.29) is 5.56 Å². The molecule has 0 aliphatic rings. The van der Waals surface area contributed by atoms with E-state index < -0.39 is 5.97 Å². The Labute approximate surface area is 108 Å². The first-order valence-corrected chi connectivity index (χ1v) is 5.62. The molecule has 19 heavy (non-hydrogen) atoms. The summed E-state index contributed by atoms with van der Waals surface area (Å²) in [7, 11) is 1.86. The molecule has 6 heteroatoms. The van der Waals surface area contributed by atoms with E-state index in [0.717, 1.165) is 16.6 Å². The highest BCUT2D eigenvalue weighted by atomic mass is 16.4. The Hall–Kier alpha value is -2.76. The van der Waals surface area contributed by atoms with Crippen LogP contribution in [0.15, 0.2) is 37.1 Å². The van der Waals surface area contributed by atoms with Crippen LogP contribution in [0.4, 0.5) is 0 Å². The van der Waals surface area contributed by atoms with E-state index in [1.165, 1.54) is 12.5 Å². The van der Waals surface area contributed by atoms with E-state index in [1.54, 1.807) is 6.20 Å². The molecule has 6 nitrogen and oxygen atoms in total. The second-order valence-electron chi connectivity index (χ2n) is 4.12. The number of hydrogen-bond donors (Lipinski definition) is 1. The highest BCUT2D eigenvalue weighted by Gasteiger charge is 2.17. The third-order valence-electron chi connectivity index (χ3n) is 2.93. The van der Waals surface area contributed by atoms with Gasteiger partial charge in [-0.1, -0.05) is 0 Å². The lowest BCUT2D eigenvalue weighted by molar-refractivity contribution is 0.0697. The van der Waals surface area contributed by atoms with Gasteiger partial charge in [0.1, 0.15) is 17.5 Å². The monoisotopic (exact) mass is 254 g/mol. The van der Waals surface area contributed by atoms with Gasteiger partial charge >= 0.3 is 5.97 Å². The molecule has 0 radical (unpaired) electrons. The Morgan fingerprint density at radius 3 is 3.00 bits per heavy atom. The van der Waals surface area contributed by atoms with Crippen LogP contribution >= 0.6 is 0 Å². The van der Waals surface area contributed by atoms with Crippen molar-refractivity contribution in [2.75, 3.05) is 0 Å². The lowest BCUT2D eigenvalue weighted by atomic mass is 10.1. The second-order valence-corrected chi connectivity index (χ2v) is 4.12. The Balaban J connectivity index is 2.34. The molecule has 0 aromatic carbocycles. The van der Waals surface area contributed by atoms with Crippen LogP contribution in [0.5, 0.6) is 0 Å². The summed E-state index contributed by atoms with van der Waals surface area (Å²) in [6.07, 6.45) is 6.17. The smallest absolute Gasteiger partial charge is 0.339 e. The maximum atomic E-state index is 11.2. The van der Waals surface area contributed by atoms with Crippen molar-refractivity contribution in [3.05, 3.63) is 42.6 Å². The van der Waals surface area contributed by atoms with Crippen LogP contribution in [0.1, 0.15) is 10.4 Å². The van der Waals surface area contributed by atoms with Crippen LogP contribution in [0, 0.1) is 0 Å². The predicted molar refractivity (Wildman–Crippen MR) is 68.7 cm³/mol. The summed E-state index contributed by atoms with van der Waals surface area (Å²) in [5.41, 5.74) is 2.01. The van der Waals surface area contributed by atoms with Gasteiger partial charge in [0.05, 0.1) is 5.69 Å². The number of fused-ring (bicyclic) bond motifs is 1. The summed E-state index contributed by atoms with van der Waals surface area (Å²) in [6.45, 7) is 0. The molecule has 3 aromatic heterocycles. The van der Waals surface area contributed by atoms with E-state index in [9.17, 15) is 9.90 Å². The number of carboxylic acid groups (broad SMARTS) is 1. The van der Waals surface area contributed by atoms with Crippen molar-refractivity contribution < 1.29 is 9.90 Å². The van der Waals surface area contributed by atoms with Crippen LogP contribution in [-0.4, -0.2) is 30.6 Å². The maximum Gasteiger partial charge on any atom is 0.339 e. The van der Waals surface area contributed by atoms with Crippen molar-refractivity contribution in [3.63, 3.8) is 0 Å². The van der Waals surface area contributed by atoms with Crippen molar-refractivity contribution in [3.8, 4) is 11.3 Å². The molecular weight excluding hydrogens is 244 g/mol. The van der Waals surface area contributed by atoms with E-state index >= 15 is 0 Å². The summed E-state index contributed by atoms with van der Waals surface area (Å²) < 4.78 is 1.85. The van der Waals surface area contributed by atoms with Gasteiger partial charge in [0, 0.05) is 36.6 Å². The minimum atomic E-state index is -1.04. The molecule has 0 amide bonds. The van der Waals surface area contributed by atoms with Gasteiger partial charge < -0.3 is 9.67 Å². The summed E-state index contributed by atoms with van der Waals surface area (Å²) in [4.78, 5) is 23.4. The van der Waals surface area contributed by atoms with Crippen LogP contribution < -0.4 is 0 Å². The molecule has 1 N–H and O–H groups in total. The Kier molecular flexibility index (Phi) is 2.49. The van der Waals surface area contributed by atoms with E-state index in [4.69, 9.17) is 0 Å². The van der Waals surface area contributed by atoms with Gasteiger partial charge in [-0.15, -0.1) is 0 Å². The number of carbonyl (C=O) groups is 1. The number of rotatable bonds is 2. The van der Waals surface area contributed by atoms with Crippen molar-refractivity contribution in [1.82, 2.24) is 19.5 Å². The van der Waals surface area contributed by atoms with E-state index in [2.05, 4.69) is 15.0 Å². The molecule has 0 atom stereocenters. The minimum Gasteiger partial charge on any atom is -0.478 e. The van der Waals surface area contributed by atoms with Crippen molar-refractivity contribution >= 4 is 17.0 Å². The Morgan fingerprint density at radius 2 is 2.21 bits per heavy atom. The fraction of sp³-hybridized carbons (Fsp3) is 0.0769. The number of aromatic carboxylic acids is 1. The van der Waals surface area contributed by atoms with Gasteiger partial charge in [-0.25, -0.2) is 19.7 Å². The minimum absolute atomic E-state index is 0.0823. The number of hydrogen-bond acceptors (Lipinski definition) is 4. The molecule has 0 unspecified atom stereocenters. The number of aryl methyl sites for hydroxylation is 1. The van der Waals surface area contributed by atoms with Crippen LogP contribution in [0.25, 0.3) is 22.3 Å². The fourth-order valence-electron chi connectivity index (χ4n) is 2.10. The first-order chi connectivity index (χ1) is 9.18. The molecule has 94 valence electrons. The zero-order chi connectivity index (χ0) is 13.4. The SMILES string of the molecule is Cn1cc(-c2ncncc2C(=O)O)c2cccnc21. The molecule has 3 aromatic rings. The van der Waals surface area contributed by atoms with Crippen molar-refractivity contribution in [2.24, 2.45) is 7.05 Å². The normalized spacial score (nSPS) is 10.8. The highest BCUT2D eigenvalue weighted by molar-refractivity contribution is 6.01. The first-order valence-electron chi connectivity index (χ1n) is 5.62. The molecule has 0 aliphatic heterocycles. The summed E-state index contributed by atoms with van der Waals surface area (Å²) in [5.74, 6) is -1.04. The molecule has 0 saturated heterocycles. The van der Waals surface area contributed by atoms with Crippen molar-refractivity contribution in [2.45, 2.75) is 0 Å². The maximum absolute atomic E-state index is 11.2. The van der Waals surface area contributed by atoms with Gasteiger partial charge in [0.15, 0.2) is 0 Å². The van der Waals surface area contributed by atoms with Gasteiger partial charge in [0.25, 0.3) is 0 Å². The lowest BCUT2D eigenvalue weighted by Crippen LogP contribution is -2.02. The molecule has 3 rings (SSSR count). The van der Waals surface area contributed by atoms with Crippen molar-refractivity contribution in [1.29, 1.82) is 0 Å². The molecule has 3 heterocycles. The van der Waals surface area contributed by atoms with Gasteiger partial charge in [-0.3, -0.25) is 0 Å². The van der Waals surface area contributed by atoms with Crippen LogP contribution in [-0.2, 0) is 7.05 Å². The average molecular weight is 254 g/mol. The predicted octanol–water partition coefficient (Wildman–Crippen LogP) is 1.73. The van der Waals surface area contributed by atoms with Gasteiger partial charge in [0.2, 0.25) is 0 Å². The van der Waals surface area contributed by atoms with E-state index in [1.807, 2.05) is 29.9 Å². The largest absolute Gasteiger partial charge is 0.478 e. The first kappa shape index (κ1) is 11.3. The number of carboxylic acids is 1. The van der Waals surface area contributed by atoms with Gasteiger partial charge in [-0.2, -0.15) is 0 Å². The quantitative estimate of drug-likeness (QED) is 0.753. The number of pyridine rings is 1. The number of aromatic nitrogens is 4. The average Bonchev–Trinajstić information content (AvgIpc) is 2.77. The molecule has 0 aliphatic carbocycles. The highest BCUT2D eigenvalue weighted by Crippen LogP contribution is 2.29. The summed E-state index contributed by atoms with van der Waals surface area (Å²) in [5, 5.41) is 10.1.